The first-order chi connectivity index (χ1) is 10.7. The van der Waals surface area contributed by atoms with E-state index in [-0.39, 0.29) is 0 Å². The number of rotatable bonds is 1. The van der Waals surface area contributed by atoms with Crippen molar-refractivity contribution >= 4 is 11.6 Å². The maximum atomic E-state index is 6.21. The van der Waals surface area contributed by atoms with Crippen LogP contribution in [0.2, 0.25) is 5.02 Å². The van der Waals surface area contributed by atoms with Crippen LogP contribution < -0.4 is 0 Å². The highest BCUT2D eigenvalue weighted by atomic mass is 35.5. The van der Waals surface area contributed by atoms with Gasteiger partial charge in [0.15, 0.2) is 5.82 Å². The van der Waals surface area contributed by atoms with Gasteiger partial charge in [-0.05, 0) is 43.7 Å². The van der Waals surface area contributed by atoms with Gasteiger partial charge in [-0.1, -0.05) is 30.9 Å². The number of aromatic nitrogens is 3. The van der Waals surface area contributed by atoms with E-state index in [1.165, 1.54) is 43.4 Å². The molecule has 0 atom stereocenters. The van der Waals surface area contributed by atoms with E-state index >= 15 is 0 Å². The van der Waals surface area contributed by atoms with Crippen LogP contribution in [0.1, 0.15) is 55.2 Å². The summed E-state index contributed by atoms with van der Waals surface area (Å²) < 4.78 is 2.30. The molecule has 2 aliphatic rings. The monoisotopic (exact) mass is 316 g/mol. The van der Waals surface area contributed by atoms with Crippen molar-refractivity contribution in [2.24, 2.45) is 0 Å². The van der Waals surface area contributed by atoms with E-state index in [0.717, 1.165) is 29.8 Å². The molecule has 0 saturated heterocycles. The first kappa shape index (κ1) is 14.2. The Bertz CT molecular complexity index is 688. The summed E-state index contributed by atoms with van der Waals surface area (Å²) in [5.74, 6) is 2.74. The first-order valence-electron chi connectivity index (χ1n) is 8.14. The highest BCUT2D eigenvalue weighted by molar-refractivity contribution is 6.30. The van der Waals surface area contributed by atoms with Gasteiger partial charge in [-0.2, -0.15) is 0 Å². The van der Waals surface area contributed by atoms with Gasteiger partial charge in [0.25, 0.3) is 0 Å². The Morgan fingerprint density at radius 1 is 1.09 bits per heavy atom. The smallest absolute Gasteiger partial charge is 0.151 e. The fourth-order valence-electron chi connectivity index (χ4n) is 3.81. The second kappa shape index (κ2) is 5.67. The molecule has 1 aliphatic carbocycles. The second-order valence-corrected chi connectivity index (χ2v) is 7.03. The van der Waals surface area contributed by atoms with Crippen LogP contribution in [0.4, 0.5) is 0 Å². The van der Waals surface area contributed by atoms with Crippen LogP contribution in [0, 0.1) is 0 Å². The van der Waals surface area contributed by atoms with Gasteiger partial charge in [0.2, 0.25) is 0 Å². The summed E-state index contributed by atoms with van der Waals surface area (Å²) in [7, 11) is 2.12. The molecular formula is C17H21ClN4. The number of hydrogen-bond acceptors (Lipinski definition) is 3. The van der Waals surface area contributed by atoms with Crippen LogP contribution in [0.5, 0.6) is 0 Å². The Hall–Kier alpha value is -1.39. The molecule has 1 aromatic heterocycles. The van der Waals surface area contributed by atoms with Crippen molar-refractivity contribution in [2.45, 2.75) is 51.1 Å². The van der Waals surface area contributed by atoms with E-state index in [1.807, 2.05) is 6.07 Å². The van der Waals surface area contributed by atoms with E-state index < -0.39 is 0 Å². The Morgan fingerprint density at radius 2 is 1.91 bits per heavy atom. The fourth-order valence-corrected chi connectivity index (χ4v) is 4.00. The largest absolute Gasteiger partial charge is 0.295 e. The van der Waals surface area contributed by atoms with Gasteiger partial charge in [-0.25, -0.2) is 0 Å². The van der Waals surface area contributed by atoms with E-state index in [9.17, 15) is 0 Å². The lowest BCUT2D eigenvalue weighted by atomic mass is 9.88. The number of halogens is 1. The Balaban J connectivity index is 1.85. The van der Waals surface area contributed by atoms with Gasteiger partial charge in [-0.15, -0.1) is 10.2 Å². The maximum Gasteiger partial charge on any atom is 0.151 e. The highest BCUT2D eigenvalue weighted by Gasteiger charge is 2.27. The normalized spacial score (nSPS) is 19.5. The number of benzene rings is 1. The zero-order valence-electron chi connectivity index (χ0n) is 12.9. The third-order valence-electron chi connectivity index (χ3n) is 4.86. The second-order valence-electron chi connectivity index (χ2n) is 6.59. The van der Waals surface area contributed by atoms with Gasteiger partial charge < -0.3 is 0 Å². The Morgan fingerprint density at radius 3 is 2.73 bits per heavy atom. The van der Waals surface area contributed by atoms with E-state index in [2.05, 4.69) is 38.8 Å². The number of hydrogen-bond donors (Lipinski definition) is 0. The van der Waals surface area contributed by atoms with Crippen molar-refractivity contribution in [1.29, 1.82) is 0 Å². The van der Waals surface area contributed by atoms with E-state index in [1.54, 1.807) is 0 Å². The summed E-state index contributed by atoms with van der Waals surface area (Å²) in [5, 5.41) is 9.87. The Labute approximate surface area is 136 Å². The molecule has 0 unspecified atom stereocenters. The van der Waals surface area contributed by atoms with Crippen molar-refractivity contribution in [3.05, 3.63) is 40.4 Å². The summed E-state index contributed by atoms with van der Waals surface area (Å²) >= 11 is 6.21. The molecule has 2 aromatic rings. The molecule has 22 heavy (non-hydrogen) atoms. The molecule has 4 rings (SSSR count). The van der Waals surface area contributed by atoms with E-state index in [4.69, 9.17) is 11.6 Å². The highest BCUT2D eigenvalue weighted by Crippen LogP contribution is 2.35. The van der Waals surface area contributed by atoms with Crippen molar-refractivity contribution in [1.82, 2.24) is 19.7 Å². The quantitative estimate of drug-likeness (QED) is 0.800. The summed E-state index contributed by atoms with van der Waals surface area (Å²) in [6.45, 7) is 1.72. The standard InChI is InChI=1S/C17H21ClN4/c1-21-10-13-9-14(18)7-8-15(13)22-16(11-21)19-20-17(22)12-5-3-2-4-6-12/h7-9,12H,2-6,10-11H2,1H3. The Kier molecular flexibility index (Phi) is 3.66. The molecule has 0 amide bonds. The van der Waals surface area contributed by atoms with Crippen molar-refractivity contribution in [3.63, 3.8) is 0 Å². The zero-order chi connectivity index (χ0) is 15.1. The molecule has 1 aliphatic heterocycles. The molecule has 0 spiro atoms. The molecule has 116 valence electrons. The molecule has 4 nitrogen and oxygen atoms in total. The topological polar surface area (TPSA) is 34.0 Å². The minimum absolute atomic E-state index is 0.543. The van der Waals surface area contributed by atoms with Gasteiger partial charge in [0.1, 0.15) is 5.82 Å². The molecule has 2 heterocycles. The molecule has 0 bridgehead atoms. The van der Waals surface area contributed by atoms with Crippen LogP contribution >= 0.6 is 11.6 Å². The molecule has 0 N–H and O–H groups in total. The van der Waals surface area contributed by atoms with Gasteiger partial charge in [-0.3, -0.25) is 9.47 Å². The molecule has 0 radical (unpaired) electrons. The minimum atomic E-state index is 0.543. The molecule has 5 heteroatoms. The van der Waals surface area contributed by atoms with Crippen LogP contribution in [0.15, 0.2) is 18.2 Å². The van der Waals surface area contributed by atoms with Crippen LogP contribution in [-0.2, 0) is 13.1 Å². The molecule has 1 aromatic carbocycles. The summed E-state index contributed by atoms with van der Waals surface area (Å²) in [6.07, 6.45) is 6.43. The van der Waals surface area contributed by atoms with Gasteiger partial charge in [0.05, 0.1) is 12.2 Å². The third kappa shape index (κ3) is 2.44. The summed E-state index contributed by atoms with van der Waals surface area (Å²) in [4.78, 5) is 2.27. The van der Waals surface area contributed by atoms with Crippen LogP contribution in [-0.4, -0.2) is 26.7 Å². The van der Waals surface area contributed by atoms with Crippen LogP contribution in [0.3, 0.4) is 0 Å². The third-order valence-corrected chi connectivity index (χ3v) is 5.09. The number of fused-ring (bicyclic) bond motifs is 3. The van der Waals surface area contributed by atoms with Crippen molar-refractivity contribution in [3.8, 4) is 5.69 Å². The minimum Gasteiger partial charge on any atom is -0.295 e. The maximum absolute atomic E-state index is 6.21. The molecule has 1 fully saturated rings. The summed E-state index contributed by atoms with van der Waals surface area (Å²) in [6, 6.07) is 6.17. The number of nitrogens with zero attached hydrogens (tertiary/aromatic N) is 4. The van der Waals surface area contributed by atoms with Gasteiger partial charge in [0, 0.05) is 17.5 Å². The summed E-state index contributed by atoms with van der Waals surface area (Å²) in [5.41, 5.74) is 2.46. The van der Waals surface area contributed by atoms with E-state index in [0.29, 0.717) is 5.92 Å². The van der Waals surface area contributed by atoms with Crippen LogP contribution in [0.25, 0.3) is 5.69 Å². The fraction of sp³-hybridized carbons (Fsp3) is 0.529. The predicted octanol–water partition coefficient (Wildman–Crippen LogP) is 3.91. The first-order valence-corrected chi connectivity index (χ1v) is 8.51. The zero-order valence-corrected chi connectivity index (χ0v) is 13.7. The lowest BCUT2D eigenvalue weighted by Crippen LogP contribution is -2.16. The van der Waals surface area contributed by atoms with Crippen molar-refractivity contribution in [2.75, 3.05) is 7.05 Å². The molecular weight excluding hydrogens is 296 g/mol. The molecule has 1 saturated carbocycles. The average Bonchev–Trinajstić information content (AvgIpc) is 2.86. The lowest BCUT2D eigenvalue weighted by molar-refractivity contribution is 0.315. The predicted molar refractivity (Wildman–Crippen MR) is 87.4 cm³/mol. The SMILES string of the molecule is CN1Cc2cc(Cl)ccc2-n2c(nnc2C2CCCCC2)C1. The average molecular weight is 317 g/mol. The van der Waals surface area contributed by atoms with Gasteiger partial charge >= 0.3 is 0 Å². The lowest BCUT2D eigenvalue weighted by Gasteiger charge is -2.22. The van der Waals surface area contributed by atoms with Crippen molar-refractivity contribution < 1.29 is 0 Å².